The number of aromatic nitrogens is 3. The standard InChI is InChI=1S/C14H19N5OS/c1-4-8-15-12-17-13(19-14(18-12)20-2)16-10-6-5-7-11(9-10)21-3/h5-7,9H,4,8H2,1-3H3,(H2,15,16,17,18,19). The van der Waals surface area contributed by atoms with Crippen molar-refractivity contribution >= 4 is 29.3 Å². The number of ether oxygens (including phenoxy) is 1. The number of hydrogen-bond donors (Lipinski definition) is 2. The van der Waals surface area contributed by atoms with Crippen LogP contribution in [0.3, 0.4) is 0 Å². The van der Waals surface area contributed by atoms with Crippen LogP contribution in [0.25, 0.3) is 0 Å². The van der Waals surface area contributed by atoms with Crippen molar-refractivity contribution in [3.05, 3.63) is 24.3 Å². The maximum atomic E-state index is 5.11. The highest BCUT2D eigenvalue weighted by Crippen LogP contribution is 2.22. The van der Waals surface area contributed by atoms with E-state index in [1.165, 1.54) is 12.0 Å². The van der Waals surface area contributed by atoms with Gasteiger partial charge in [-0.05, 0) is 30.9 Å². The smallest absolute Gasteiger partial charge is 0.322 e. The van der Waals surface area contributed by atoms with E-state index in [9.17, 15) is 0 Å². The number of methoxy groups -OCH3 is 1. The van der Waals surface area contributed by atoms with Gasteiger partial charge < -0.3 is 15.4 Å². The summed E-state index contributed by atoms with van der Waals surface area (Å²) < 4.78 is 5.11. The summed E-state index contributed by atoms with van der Waals surface area (Å²) in [5.41, 5.74) is 0.927. The lowest BCUT2D eigenvalue weighted by molar-refractivity contribution is 0.379. The van der Waals surface area contributed by atoms with Gasteiger partial charge in [-0.3, -0.25) is 0 Å². The van der Waals surface area contributed by atoms with E-state index in [-0.39, 0.29) is 6.01 Å². The molecule has 0 saturated heterocycles. The van der Waals surface area contributed by atoms with E-state index >= 15 is 0 Å². The second-order valence-corrected chi connectivity index (χ2v) is 5.13. The van der Waals surface area contributed by atoms with Gasteiger partial charge in [-0.1, -0.05) is 13.0 Å². The molecule has 2 aromatic rings. The van der Waals surface area contributed by atoms with E-state index < -0.39 is 0 Å². The lowest BCUT2D eigenvalue weighted by Crippen LogP contribution is -2.08. The van der Waals surface area contributed by atoms with Crippen molar-refractivity contribution in [1.29, 1.82) is 0 Å². The van der Waals surface area contributed by atoms with E-state index in [0.717, 1.165) is 18.7 Å². The molecule has 0 amide bonds. The Hall–Kier alpha value is -2.02. The normalized spacial score (nSPS) is 10.2. The molecular weight excluding hydrogens is 286 g/mol. The molecule has 7 heteroatoms. The van der Waals surface area contributed by atoms with Crippen LogP contribution in [0.1, 0.15) is 13.3 Å². The molecule has 0 bridgehead atoms. The second-order valence-electron chi connectivity index (χ2n) is 4.25. The SMILES string of the molecule is CCCNc1nc(Nc2cccc(SC)c2)nc(OC)n1. The summed E-state index contributed by atoms with van der Waals surface area (Å²) in [5, 5.41) is 6.31. The highest BCUT2D eigenvalue weighted by molar-refractivity contribution is 7.98. The van der Waals surface area contributed by atoms with Crippen LogP contribution in [-0.4, -0.2) is 34.9 Å². The zero-order valence-corrected chi connectivity index (χ0v) is 13.2. The fraction of sp³-hybridized carbons (Fsp3) is 0.357. The summed E-state index contributed by atoms with van der Waals surface area (Å²) in [6.45, 7) is 2.88. The first-order valence-electron chi connectivity index (χ1n) is 6.70. The van der Waals surface area contributed by atoms with E-state index in [2.05, 4.69) is 38.6 Å². The molecule has 0 aliphatic heterocycles. The van der Waals surface area contributed by atoms with Gasteiger partial charge in [-0.15, -0.1) is 11.8 Å². The van der Waals surface area contributed by atoms with Crippen molar-refractivity contribution in [3.8, 4) is 6.01 Å². The molecule has 1 aromatic heterocycles. The van der Waals surface area contributed by atoms with E-state index in [1.54, 1.807) is 11.8 Å². The number of thioether (sulfide) groups is 1. The van der Waals surface area contributed by atoms with Crippen LogP contribution in [0.15, 0.2) is 29.2 Å². The van der Waals surface area contributed by atoms with Crippen molar-refractivity contribution in [2.75, 3.05) is 30.5 Å². The van der Waals surface area contributed by atoms with Crippen molar-refractivity contribution in [2.24, 2.45) is 0 Å². The van der Waals surface area contributed by atoms with E-state index in [0.29, 0.717) is 11.9 Å². The van der Waals surface area contributed by atoms with Gasteiger partial charge in [0.2, 0.25) is 11.9 Å². The third-order valence-electron chi connectivity index (χ3n) is 2.66. The molecule has 0 aliphatic rings. The molecule has 0 radical (unpaired) electrons. The van der Waals surface area contributed by atoms with Gasteiger partial charge in [0.25, 0.3) is 0 Å². The van der Waals surface area contributed by atoms with Crippen LogP contribution < -0.4 is 15.4 Å². The molecule has 0 spiro atoms. The Labute approximate surface area is 128 Å². The molecule has 2 rings (SSSR count). The maximum absolute atomic E-state index is 5.11. The number of benzene rings is 1. The first-order chi connectivity index (χ1) is 10.2. The molecule has 1 heterocycles. The maximum Gasteiger partial charge on any atom is 0.322 e. The largest absolute Gasteiger partial charge is 0.467 e. The molecule has 112 valence electrons. The average Bonchev–Trinajstić information content (AvgIpc) is 2.52. The van der Waals surface area contributed by atoms with Crippen LogP contribution in [0.4, 0.5) is 17.6 Å². The molecule has 0 aliphatic carbocycles. The van der Waals surface area contributed by atoms with Gasteiger partial charge in [0.1, 0.15) is 0 Å². The van der Waals surface area contributed by atoms with Gasteiger partial charge >= 0.3 is 6.01 Å². The molecule has 0 unspecified atom stereocenters. The predicted octanol–water partition coefficient (Wildman–Crippen LogP) is 3.17. The lowest BCUT2D eigenvalue weighted by atomic mass is 10.3. The molecule has 6 nitrogen and oxygen atoms in total. The fourth-order valence-corrected chi connectivity index (χ4v) is 2.11. The minimum atomic E-state index is 0.284. The van der Waals surface area contributed by atoms with E-state index in [1.807, 2.05) is 24.5 Å². The van der Waals surface area contributed by atoms with Crippen LogP contribution in [-0.2, 0) is 0 Å². The topological polar surface area (TPSA) is 72.0 Å². The van der Waals surface area contributed by atoms with Crippen molar-refractivity contribution in [3.63, 3.8) is 0 Å². The Morgan fingerprint density at radius 2 is 2.00 bits per heavy atom. The third-order valence-corrected chi connectivity index (χ3v) is 3.38. The summed E-state index contributed by atoms with van der Waals surface area (Å²) in [4.78, 5) is 13.9. The van der Waals surface area contributed by atoms with Gasteiger partial charge in [0.15, 0.2) is 0 Å². The minimum Gasteiger partial charge on any atom is -0.467 e. The molecule has 0 fully saturated rings. The van der Waals surface area contributed by atoms with Gasteiger partial charge in [0.05, 0.1) is 7.11 Å². The summed E-state index contributed by atoms with van der Waals surface area (Å²) in [6, 6.07) is 8.34. The number of nitrogens with one attached hydrogen (secondary N) is 2. The van der Waals surface area contributed by atoms with Gasteiger partial charge in [0, 0.05) is 17.1 Å². The molecule has 1 aromatic carbocycles. The Balaban J connectivity index is 2.21. The molecular formula is C14H19N5OS. The van der Waals surface area contributed by atoms with Crippen molar-refractivity contribution in [2.45, 2.75) is 18.2 Å². The van der Waals surface area contributed by atoms with Crippen molar-refractivity contribution in [1.82, 2.24) is 15.0 Å². The van der Waals surface area contributed by atoms with Crippen molar-refractivity contribution < 1.29 is 4.74 Å². The summed E-state index contributed by atoms with van der Waals surface area (Å²) in [5.74, 6) is 0.964. The second kappa shape index (κ2) is 7.68. The summed E-state index contributed by atoms with van der Waals surface area (Å²) in [7, 11) is 1.54. The van der Waals surface area contributed by atoms with Crippen LogP contribution in [0.5, 0.6) is 6.01 Å². The number of rotatable bonds is 7. The van der Waals surface area contributed by atoms with Gasteiger partial charge in [-0.2, -0.15) is 15.0 Å². The first kappa shape index (κ1) is 15.4. The Bertz CT molecular complexity index is 593. The first-order valence-corrected chi connectivity index (χ1v) is 7.92. The monoisotopic (exact) mass is 305 g/mol. The number of anilines is 3. The predicted molar refractivity (Wildman–Crippen MR) is 86.7 cm³/mol. The highest BCUT2D eigenvalue weighted by atomic mass is 32.2. The lowest BCUT2D eigenvalue weighted by Gasteiger charge is -2.09. The van der Waals surface area contributed by atoms with E-state index in [4.69, 9.17) is 4.74 Å². The highest BCUT2D eigenvalue weighted by Gasteiger charge is 2.07. The van der Waals surface area contributed by atoms with Crippen LogP contribution in [0.2, 0.25) is 0 Å². The van der Waals surface area contributed by atoms with Crippen LogP contribution in [0, 0.1) is 0 Å². The Kier molecular flexibility index (Phi) is 5.62. The van der Waals surface area contributed by atoms with Crippen LogP contribution >= 0.6 is 11.8 Å². The zero-order valence-electron chi connectivity index (χ0n) is 12.4. The molecule has 0 saturated carbocycles. The Morgan fingerprint density at radius 3 is 2.71 bits per heavy atom. The molecule has 0 atom stereocenters. The Morgan fingerprint density at radius 1 is 1.19 bits per heavy atom. The molecule has 21 heavy (non-hydrogen) atoms. The summed E-state index contributed by atoms with van der Waals surface area (Å²) in [6.07, 6.45) is 3.03. The number of hydrogen-bond acceptors (Lipinski definition) is 7. The zero-order chi connectivity index (χ0) is 15.1. The summed E-state index contributed by atoms with van der Waals surface area (Å²) >= 11 is 1.69. The average molecular weight is 305 g/mol. The van der Waals surface area contributed by atoms with Gasteiger partial charge in [-0.25, -0.2) is 0 Å². The fourth-order valence-electron chi connectivity index (χ4n) is 1.65. The minimum absolute atomic E-state index is 0.284. The quantitative estimate of drug-likeness (QED) is 0.761. The number of nitrogens with zero attached hydrogens (tertiary/aromatic N) is 3. The third kappa shape index (κ3) is 4.49. The molecule has 2 N–H and O–H groups in total.